The first-order valence-electron chi connectivity index (χ1n) is 23.9. The largest absolute Gasteiger partial charge is 0.446 e. The van der Waals surface area contributed by atoms with Crippen LogP contribution in [0.25, 0.3) is 0 Å². The number of hydrogen-bond donors (Lipinski definition) is 2. The fourth-order valence-corrected chi connectivity index (χ4v) is 11.3. The zero-order valence-corrected chi connectivity index (χ0v) is 38.9. The number of nitrogens with zero attached hydrogens (tertiary/aromatic N) is 1. The molecule has 0 aromatic carbocycles. The summed E-state index contributed by atoms with van der Waals surface area (Å²) in [7, 11) is 0. The van der Waals surface area contributed by atoms with Crippen LogP contribution in [0.5, 0.6) is 0 Å². The number of carbonyl (C=O) groups excluding carboxylic acids is 3. The van der Waals surface area contributed by atoms with Crippen LogP contribution in [0.2, 0.25) is 0 Å². The first-order valence-corrected chi connectivity index (χ1v) is 23.9. The number of rotatable bonds is 20. The molecule has 9 nitrogen and oxygen atoms in total. The van der Waals surface area contributed by atoms with Crippen molar-refractivity contribution >= 4 is 18.3 Å². The lowest BCUT2D eigenvalue weighted by molar-refractivity contribution is -0.0534. The van der Waals surface area contributed by atoms with E-state index in [1.54, 1.807) is 5.57 Å². The van der Waals surface area contributed by atoms with Gasteiger partial charge in [-0.25, -0.2) is 14.4 Å². The van der Waals surface area contributed by atoms with Crippen molar-refractivity contribution in [1.29, 1.82) is 0 Å². The molecule has 4 rings (SSSR count). The molecule has 0 spiro atoms. The number of ether oxygens (including phenoxy) is 3. The van der Waals surface area contributed by atoms with Crippen molar-refractivity contribution in [2.45, 2.75) is 215 Å². The molecule has 9 heteroatoms. The lowest BCUT2D eigenvalue weighted by Crippen LogP contribution is -2.50. The van der Waals surface area contributed by atoms with Crippen LogP contribution < -0.4 is 10.6 Å². The number of carbonyl (C=O) groups is 3. The molecule has 3 saturated carbocycles. The van der Waals surface area contributed by atoms with Crippen LogP contribution in [0.4, 0.5) is 14.4 Å². The maximum Gasteiger partial charge on any atom is 0.410 e. The summed E-state index contributed by atoms with van der Waals surface area (Å²) in [4.78, 5) is 39.8. The molecule has 4 aliphatic carbocycles. The van der Waals surface area contributed by atoms with Crippen LogP contribution >= 0.6 is 0 Å². The average Bonchev–Trinajstić information content (AvgIpc) is 3.46. The van der Waals surface area contributed by atoms with E-state index < -0.39 is 11.2 Å². The third kappa shape index (κ3) is 14.6. The van der Waals surface area contributed by atoms with Gasteiger partial charge in [0.2, 0.25) is 0 Å². The van der Waals surface area contributed by atoms with Crippen molar-refractivity contribution in [1.82, 2.24) is 15.5 Å². The number of alkyl carbamates (subject to hydrolysis) is 2. The predicted octanol–water partition coefficient (Wildman–Crippen LogP) is 12.8. The number of unbranched alkanes of at least 4 members (excludes halogenated alkanes) is 7. The number of allylic oxidation sites excluding steroid dienone is 1. The highest BCUT2D eigenvalue weighted by molar-refractivity contribution is 5.68. The number of amides is 3. The molecule has 334 valence electrons. The molecule has 0 aromatic rings. The van der Waals surface area contributed by atoms with Gasteiger partial charge in [-0.05, 0) is 159 Å². The highest BCUT2D eigenvalue weighted by atomic mass is 16.6. The minimum Gasteiger partial charge on any atom is -0.446 e. The highest BCUT2D eigenvalue weighted by Crippen LogP contribution is 2.67. The van der Waals surface area contributed by atoms with Crippen LogP contribution in [-0.2, 0) is 14.2 Å². The van der Waals surface area contributed by atoms with Crippen LogP contribution in [0.15, 0.2) is 11.6 Å². The molecule has 0 aliphatic heterocycles. The molecule has 7 unspecified atom stereocenters. The Morgan fingerprint density at radius 3 is 1.90 bits per heavy atom. The molecule has 2 N–H and O–H groups in total. The van der Waals surface area contributed by atoms with E-state index in [1.807, 2.05) is 46.4 Å². The fourth-order valence-electron chi connectivity index (χ4n) is 11.3. The number of hydrogen-bond acceptors (Lipinski definition) is 6. The molecule has 58 heavy (non-hydrogen) atoms. The van der Waals surface area contributed by atoms with E-state index in [0.717, 1.165) is 100 Å². The summed E-state index contributed by atoms with van der Waals surface area (Å²) in [6.45, 7) is 23.7. The van der Waals surface area contributed by atoms with E-state index in [-0.39, 0.29) is 29.8 Å². The standard InChI is InChI=1S/C49H87N3O6/c1-36(2)21-15-16-22-37-24-26-41-40-25-23-38-35-39(27-29-49(38,10)42(40)28-30-48(37,41)9)56-45(55)52(33-19-13-11-17-31-50-43(53)57-46(3,4)5)34-20-14-12-18-32-51-44(54)58-47(6,7)8/h23,36-37,39-42H,11-22,24-35H2,1-10H3,(H,50,53)(H,51,54). The van der Waals surface area contributed by atoms with Crippen LogP contribution in [0.1, 0.15) is 198 Å². The second kappa shape index (κ2) is 21.9. The van der Waals surface area contributed by atoms with Gasteiger partial charge in [0.25, 0.3) is 0 Å². The normalized spacial score (nSPS) is 28.1. The zero-order valence-electron chi connectivity index (χ0n) is 38.9. The van der Waals surface area contributed by atoms with Gasteiger partial charge in [-0.15, -0.1) is 0 Å². The molecule has 0 saturated heterocycles. The summed E-state index contributed by atoms with van der Waals surface area (Å²) >= 11 is 0. The minimum atomic E-state index is -0.503. The van der Waals surface area contributed by atoms with Gasteiger partial charge in [0.15, 0.2) is 0 Å². The zero-order chi connectivity index (χ0) is 42.6. The monoisotopic (exact) mass is 814 g/mol. The molecule has 4 aliphatic rings. The molecule has 0 radical (unpaired) electrons. The van der Waals surface area contributed by atoms with E-state index in [9.17, 15) is 14.4 Å². The van der Waals surface area contributed by atoms with Crippen molar-refractivity contribution in [2.24, 2.45) is 40.4 Å². The van der Waals surface area contributed by atoms with Crippen molar-refractivity contribution in [3.05, 3.63) is 11.6 Å². The molecule has 3 amide bonds. The Bertz CT molecular complexity index is 1290. The molecule has 0 bridgehead atoms. The van der Waals surface area contributed by atoms with Crippen LogP contribution in [0.3, 0.4) is 0 Å². The smallest absolute Gasteiger partial charge is 0.410 e. The predicted molar refractivity (Wildman–Crippen MR) is 236 cm³/mol. The van der Waals surface area contributed by atoms with Crippen molar-refractivity contribution in [3.8, 4) is 0 Å². The van der Waals surface area contributed by atoms with Gasteiger partial charge in [-0.3, -0.25) is 0 Å². The third-order valence-electron chi connectivity index (χ3n) is 14.4. The molecular weight excluding hydrogens is 727 g/mol. The maximum absolute atomic E-state index is 13.9. The van der Waals surface area contributed by atoms with E-state index >= 15 is 0 Å². The topological polar surface area (TPSA) is 106 Å². The lowest BCUT2D eigenvalue weighted by Gasteiger charge is -2.58. The lowest BCUT2D eigenvalue weighted by atomic mass is 9.47. The van der Waals surface area contributed by atoms with Crippen LogP contribution in [-0.4, -0.2) is 66.7 Å². The van der Waals surface area contributed by atoms with Gasteiger partial charge >= 0.3 is 18.3 Å². The van der Waals surface area contributed by atoms with E-state index in [2.05, 4.69) is 44.4 Å². The second-order valence-corrected chi connectivity index (χ2v) is 21.7. The summed E-state index contributed by atoms with van der Waals surface area (Å²) in [6, 6.07) is 0. The van der Waals surface area contributed by atoms with Gasteiger partial charge in [0.1, 0.15) is 17.3 Å². The summed E-state index contributed by atoms with van der Waals surface area (Å²) in [6.07, 6.45) is 24.5. The van der Waals surface area contributed by atoms with E-state index in [0.29, 0.717) is 31.6 Å². The summed E-state index contributed by atoms with van der Waals surface area (Å²) < 4.78 is 17.1. The number of fused-ring (bicyclic) bond motifs is 5. The first-order chi connectivity index (χ1) is 27.3. The summed E-state index contributed by atoms with van der Waals surface area (Å²) in [5.74, 6) is 4.16. The first kappa shape index (κ1) is 48.2. The highest BCUT2D eigenvalue weighted by Gasteiger charge is 2.58. The molecule has 3 fully saturated rings. The Kier molecular flexibility index (Phi) is 18.2. The molecule has 0 heterocycles. The Morgan fingerprint density at radius 2 is 1.33 bits per heavy atom. The number of nitrogens with one attached hydrogen (secondary N) is 2. The second-order valence-electron chi connectivity index (χ2n) is 21.7. The van der Waals surface area contributed by atoms with Gasteiger partial charge in [-0.2, -0.15) is 0 Å². The quantitative estimate of drug-likeness (QED) is 0.0720. The van der Waals surface area contributed by atoms with Crippen LogP contribution in [0, 0.1) is 40.4 Å². The van der Waals surface area contributed by atoms with Gasteiger partial charge < -0.3 is 29.7 Å². The Labute approximate surface area is 354 Å². The van der Waals surface area contributed by atoms with E-state index in [4.69, 9.17) is 14.2 Å². The van der Waals surface area contributed by atoms with Gasteiger partial charge in [-0.1, -0.05) is 84.3 Å². The van der Waals surface area contributed by atoms with E-state index in [1.165, 1.54) is 57.8 Å². The average molecular weight is 814 g/mol. The van der Waals surface area contributed by atoms with Gasteiger partial charge in [0.05, 0.1) is 0 Å². The maximum atomic E-state index is 13.9. The Hall–Kier alpha value is -2.45. The van der Waals surface area contributed by atoms with Crippen molar-refractivity contribution in [2.75, 3.05) is 26.2 Å². The third-order valence-corrected chi connectivity index (χ3v) is 14.4. The SMILES string of the molecule is CC(C)CCCCC1CCC2C3CC=C4CC(OC(=O)N(CCCCCCNC(=O)OC(C)(C)C)CCCCCCNC(=O)OC(C)(C)C)CCC4(C)C3CCC12C. The molecule has 0 aromatic heterocycles. The summed E-state index contributed by atoms with van der Waals surface area (Å²) in [5, 5.41) is 5.70. The van der Waals surface area contributed by atoms with Gasteiger partial charge in [0, 0.05) is 32.6 Å². The van der Waals surface area contributed by atoms with Crippen molar-refractivity contribution in [3.63, 3.8) is 0 Å². The fraction of sp³-hybridized carbons (Fsp3) is 0.898. The summed E-state index contributed by atoms with van der Waals surface area (Å²) in [5.41, 5.74) is 1.31. The minimum absolute atomic E-state index is 0.0562. The Morgan fingerprint density at radius 1 is 0.741 bits per heavy atom. The molecular formula is C49H87N3O6. The molecule has 7 atom stereocenters. The van der Waals surface area contributed by atoms with Crippen molar-refractivity contribution < 1.29 is 28.6 Å². The Balaban J connectivity index is 1.26.